The summed E-state index contributed by atoms with van der Waals surface area (Å²) in [4.78, 5) is 17.1. The minimum atomic E-state index is -1.75. The third kappa shape index (κ3) is 374. The molecular weight excluding hydrogens is 222 g/mol. The maximum absolute atomic E-state index is 8.89. The summed E-state index contributed by atoms with van der Waals surface area (Å²) in [6.45, 7) is 0.972. The average Bonchev–Trinajstić information content (AvgIpc) is 1.25. The van der Waals surface area contributed by atoms with E-state index in [9.17, 15) is 0 Å². The predicted octanol–water partition coefficient (Wildman–Crippen LogP) is -13.5. The quantitative estimate of drug-likeness (QED) is 0.231. The fraction of sp³-hybridized carbons (Fsp3) is 0.500. The molecule has 0 aromatic heterocycles. The first kappa shape index (κ1) is 37.0. The molecule has 6 nitrogen and oxygen atoms in total. The SMILES string of the molecule is CC(=O)[O-].O=[N+]([O-])[O-].[Cl-].[Na+].[Na+].[Na+]. The van der Waals surface area contributed by atoms with Crippen LogP contribution in [0.1, 0.15) is 6.92 Å². The van der Waals surface area contributed by atoms with Gasteiger partial charge < -0.3 is 37.6 Å². The molecule has 0 N–H and O–H groups in total. The van der Waals surface area contributed by atoms with E-state index in [1.54, 1.807) is 0 Å². The summed E-state index contributed by atoms with van der Waals surface area (Å²) in [5, 5.41) is 23.6. The molecule has 0 aliphatic heterocycles. The van der Waals surface area contributed by atoms with Crippen LogP contribution >= 0.6 is 0 Å². The van der Waals surface area contributed by atoms with Crippen molar-refractivity contribution in [3.8, 4) is 0 Å². The second-order valence-electron chi connectivity index (χ2n) is 0.715. The summed E-state index contributed by atoms with van der Waals surface area (Å²) in [6, 6.07) is 0. The molecule has 0 rings (SSSR count). The summed E-state index contributed by atoms with van der Waals surface area (Å²) >= 11 is 0. The molecule has 0 aromatic carbocycles. The Bertz CT molecular complexity index is 82.7. The second kappa shape index (κ2) is 29.3. The number of halogens is 1. The Morgan fingerprint density at radius 1 is 1.17 bits per heavy atom. The average molecular weight is 225 g/mol. The minimum absolute atomic E-state index is 0. The first-order chi connectivity index (χ1) is 3.46. The Hall–Kier alpha value is 1.96. The topological polar surface area (TPSA) is 106 Å². The fourth-order valence-electron chi connectivity index (χ4n) is 0. The number of carbonyl (C=O) groups excluding carboxylic acids is 1. The van der Waals surface area contributed by atoms with E-state index in [4.69, 9.17) is 25.2 Å². The van der Waals surface area contributed by atoms with E-state index in [-0.39, 0.29) is 101 Å². The maximum Gasteiger partial charge on any atom is 1.00 e. The van der Waals surface area contributed by atoms with Crippen LogP contribution in [0.4, 0.5) is 0 Å². The molecule has 56 valence electrons. The van der Waals surface area contributed by atoms with Crippen LogP contribution in [-0.4, -0.2) is 11.1 Å². The van der Waals surface area contributed by atoms with Gasteiger partial charge in [0.25, 0.3) is 0 Å². The first-order valence-corrected chi connectivity index (χ1v) is 1.46. The Labute approximate surface area is 142 Å². The van der Waals surface area contributed by atoms with Crippen molar-refractivity contribution in [2.45, 2.75) is 6.92 Å². The molecule has 12 heavy (non-hydrogen) atoms. The van der Waals surface area contributed by atoms with Crippen molar-refractivity contribution in [1.82, 2.24) is 0 Å². The minimum Gasteiger partial charge on any atom is -1.00 e. The number of carboxylic acids is 1. The third-order valence-electron chi connectivity index (χ3n) is 0. The Kier molecular flexibility index (Phi) is 90.2. The summed E-state index contributed by atoms with van der Waals surface area (Å²) in [5.74, 6) is -1.08. The van der Waals surface area contributed by atoms with Crippen LogP contribution in [0.5, 0.6) is 0 Å². The Balaban J connectivity index is -0.0000000112. The van der Waals surface area contributed by atoms with Crippen LogP contribution in [0.15, 0.2) is 0 Å². The van der Waals surface area contributed by atoms with Crippen molar-refractivity contribution in [1.29, 1.82) is 0 Å². The Morgan fingerprint density at radius 2 is 1.17 bits per heavy atom. The second-order valence-corrected chi connectivity index (χ2v) is 0.715. The van der Waals surface area contributed by atoms with E-state index < -0.39 is 11.1 Å². The van der Waals surface area contributed by atoms with Gasteiger partial charge in [-0.1, -0.05) is 0 Å². The molecule has 0 unspecified atom stereocenters. The number of aliphatic carboxylic acids is 1. The van der Waals surface area contributed by atoms with E-state index in [0.717, 1.165) is 6.92 Å². The molecule has 0 saturated heterocycles. The van der Waals surface area contributed by atoms with Crippen molar-refractivity contribution in [2.24, 2.45) is 0 Å². The van der Waals surface area contributed by atoms with Crippen molar-refractivity contribution in [3.05, 3.63) is 15.3 Å². The van der Waals surface area contributed by atoms with Gasteiger partial charge in [-0.25, -0.2) is 0 Å². The number of nitrogens with zero attached hydrogens (tertiary/aromatic N) is 1. The van der Waals surface area contributed by atoms with E-state index in [1.165, 1.54) is 0 Å². The van der Waals surface area contributed by atoms with Gasteiger partial charge in [0.15, 0.2) is 0 Å². The molecule has 0 spiro atoms. The van der Waals surface area contributed by atoms with Crippen molar-refractivity contribution in [3.63, 3.8) is 0 Å². The van der Waals surface area contributed by atoms with E-state index >= 15 is 0 Å². The molecule has 10 heteroatoms. The number of carboxylic acid groups (broad SMARTS) is 1. The van der Waals surface area contributed by atoms with Crippen LogP contribution in [0.2, 0.25) is 0 Å². The molecule has 0 radical (unpaired) electrons. The molecule has 0 atom stereocenters. The van der Waals surface area contributed by atoms with Gasteiger partial charge >= 0.3 is 88.7 Å². The van der Waals surface area contributed by atoms with E-state index in [0.29, 0.717) is 0 Å². The zero-order valence-corrected chi connectivity index (χ0v) is 14.1. The van der Waals surface area contributed by atoms with Gasteiger partial charge in [-0.2, -0.15) is 0 Å². The third-order valence-corrected chi connectivity index (χ3v) is 0. The number of carbonyl (C=O) groups is 1. The molecule has 0 saturated carbocycles. The standard InChI is InChI=1S/C2H4O2.ClH.NO3.3Na/c1-2(3)4;;2-1(3)4;;;/h1H3,(H,3,4);1H;;;;/q;;-1;3*+1/p-2. The predicted molar refractivity (Wildman–Crippen MR) is 21.0 cm³/mol. The van der Waals surface area contributed by atoms with Crippen LogP contribution in [-0.2, 0) is 4.79 Å². The van der Waals surface area contributed by atoms with Gasteiger partial charge in [0.2, 0.25) is 0 Å². The molecule has 0 aliphatic carbocycles. The molecule has 0 bridgehead atoms. The van der Waals surface area contributed by atoms with Crippen LogP contribution in [0, 0.1) is 15.3 Å². The normalized spacial score (nSPS) is 4.08. The van der Waals surface area contributed by atoms with E-state index in [2.05, 4.69) is 0 Å². The van der Waals surface area contributed by atoms with Gasteiger partial charge in [0.05, 0.1) is 5.09 Å². The van der Waals surface area contributed by atoms with Gasteiger partial charge in [0.1, 0.15) is 0 Å². The zero-order chi connectivity index (χ0) is 7.15. The smallest absolute Gasteiger partial charge is 1.00 e. The number of rotatable bonds is 0. The number of hydrogen-bond donors (Lipinski definition) is 0. The Morgan fingerprint density at radius 3 is 1.17 bits per heavy atom. The zero-order valence-electron chi connectivity index (χ0n) is 7.37. The number of hydrogen-bond acceptors (Lipinski definition) is 5. The van der Waals surface area contributed by atoms with Gasteiger partial charge in [-0.3, -0.25) is 0 Å². The molecule has 0 aromatic rings. The first-order valence-electron chi connectivity index (χ1n) is 1.46. The van der Waals surface area contributed by atoms with Gasteiger partial charge in [-0.05, 0) is 6.92 Å². The molecule has 0 aliphatic rings. The van der Waals surface area contributed by atoms with Crippen molar-refractivity contribution < 1.29 is 116 Å². The van der Waals surface area contributed by atoms with Crippen LogP contribution in [0.25, 0.3) is 0 Å². The van der Waals surface area contributed by atoms with Gasteiger partial charge in [-0.15, -0.1) is 0 Å². The summed E-state index contributed by atoms with van der Waals surface area (Å²) in [5.41, 5.74) is 0. The monoisotopic (exact) mass is 225 g/mol. The molecule has 0 fully saturated rings. The van der Waals surface area contributed by atoms with E-state index in [1.807, 2.05) is 0 Å². The van der Waals surface area contributed by atoms with Crippen molar-refractivity contribution in [2.75, 3.05) is 0 Å². The maximum atomic E-state index is 8.89. The summed E-state index contributed by atoms with van der Waals surface area (Å²) in [6.07, 6.45) is 0. The molecule has 0 heterocycles. The largest absolute Gasteiger partial charge is 1.00 e. The van der Waals surface area contributed by atoms with Crippen LogP contribution < -0.4 is 106 Å². The molecule has 0 amide bonds. The fourth-order valence-corrected chi connectivity index (χ4v) is 0. The molecular formula is C2H3ClNNa3O5. The van der Waals surface area contributed by atoms with Crippen LogP contribution in [0.3, 0.4) is 0 Å². The van der Waals surface area contributed by atoms with Crippen molar-refractivity contribution >= 4 is 5.97 Å². The summed E-state index contributed by atoms with van der Waals surface area (Å²) in [7, 11) is 0. The van der Waals surface area contributed by atoms with Gasteiger partial charge in [0, 0.05) is 5.97 Å². The summed E-state index contributed by atoms with van der Waals surface area (Å²) < 4.78 is 0.